The number of carbonyl (C=O) groups excluding carboxylic acids is 1. The molecule has 9 heteroatoms. The molecule has 1 aromatic carbocycles. The first kappa shape index (κ1) is 17.4. The third kappa shape index (κ3) is 4.80. The summed E-state index contributed by atoms with van der Waals surface area (Å²) in [5, 5.41) is 6.92. The van der Waals surface area contributed by atoms with Gasteiger partial charge in [0.1, 0.15) is 5.01 Å². The van der Waals surface area contributed by atoms with E-state index in [9.17, 15) is 18.0 Å². The van der Waals surface area contributed by atoms with E-state index in [4.69, 9.17) is 0 Å². The molecule has 0 bridgehead atoms. The SMILES string of the molecule is O=C(Cc1csc(-c2cccs2)n1)Nc1ccccc1OC(F)(F)F. The fourth-order valence-electron chi connectivity index (χ4n) is 2.04. The Morgan fingerprint density at radius 1 is 1.16 bits per heavy atom. The number of nitrogens with one attached hydrogen (secondary N) is 1. The monoisotopic (exact) mass is 384 g/mol. The number of carbonyl (C=O) groups is 1. The van der Waals surface area contributed by atoms with Crippen LogP contribution in [0.1, 0.15) is 5.69 Å². The molecule has 1 N–H and O–H groups in total. The van der Waals surface area contributed by atoms with Gasteiger partial charge in [-0.15, -0.1) is 35.8 Å². The first-order chi connectivity index (χ1) is 11.9. The molecule has 0 radical (unpaired) electrons. The number of benzene rings is 1. The maximum absolute atomic E-state index is 12.4. The number of hydrogen-bond acceptors (Lipinski definition) is 5. The van der Waals surface area contributed by atoms with Crippen molar-refractivity contribution in [1.82, 2.24) is 4.98 Å². The van der Waals surface area contributed by atoms with Gasteiger partial charge in [0.15, 0.2) is 5.75 Å². The van der Waals surface area contributed by atoms with Crippen molar-refractivity contribution >= 4 is 34.3 Å². The van der Waals surface area contributed by atoms with Gasteiger partial charge in [0.25, 0.3) is 0 Å². The molecule has 0 aliphatic heterocycles. The molecule has 130 valence electrons. The predicted molar refractivity (Wildman–Crippen MR) is 90.9 cm³/mol. The molecule has 0 fully saturated rings. The van der Waals surface area contributed by atoms with Crippen LogP contribution in [0.5, 0.6) is 5.75 Å². The molecule has 0 spiro atoms. The Kier molecular flexibility index (Phi) is 5.05. The Hall–Kier alpha value is -2.39. The fraction of sp³-hybridized carbons (Fsp3) is 0.125. The zero-order valence-electron chi connectivity index (χ0n) is 12.5. The van der Waals surface area contributed by atoms with Crippen molar-refractivity contribution in [2.24, 2.45) is 0 Å². The summed E-state index contributed by atoms with van der Waals surface area (Å²) in [6, 6.07) is 9.22. The number of hydrogen-bond donors (Lipinski definition) is 1. The van der Waals surface area contributed by atoms with Gasteiger partial charge < -0.3 is 10.1 Å². The Morgan fingerprint density at radius 3 is 2.68 bits per heavy atom. The number of rotatable bonds is 5. The highest BCUT2D eigenvalue weighted by Crippen LogP contribution is 2.30. The van der Waals surface area contributed by atoms with Gasteiger partial charge in [-0.25, -0.2) is 4.98 Å². The van der Waals surface area contributed by atoms with Crippen LogP contribution in [0.25, 0.3) is 9.88 Å². The average molecular weight is 384 g/mol. The number of halogens is 3. The molecule has 0 aliphatic carbocycles. The predicted octanol–water partition coefficient (Wildman–Crippen LogP) is 4.95. The van der Waals surface area contributed by atoms with E-state index in [0.29, 0.717) is 5.69 Å². The van der Waals surface area contributed by atoms with Crippen LogP contribution in [-0.4, -0.2) is 17.3 Å². The first-order valence-corrected chi connectivity index (χ1v) is 8.79. The van der Waals surface area contributed by atoms with E-state index in [1.807, 2.05) is 17.5 Å². The van der Waals surface area contributed by atoms with Gasteiger partial charge in [0.2, 0.25) is 5.91 Å². The van der Waals surface area contributed by atoms with Gasteiger partial charge in [0.05, 0.1) is 22.7 Å². The highest BCUT2D eigenvalue weighted by atomic mass is 32.1. The molecule has 0 unspecified atom stereocenters. The van der Waals surface area contributed by atoms with Crippen molar-refractivity contribution in [1.29, 1.82) is 0 Å². The van der Waals surface area contributed by atoms with E-state index in [-0.39, 0.29) is 12.1 Å². The Labute approximate surface area is 148 Å². The van der Waals surface area contributed by atoms with E-state index in [2.05, 4.69) is 15.0 Å². The van der Waals surface area contributed by atoms with Crippen molar-refractivity contribution in [2.45, 2.75) is 12.8 Å². The quantitative estimate of drug-likeness (QED) is 0.677. The number of thiophene rings is 1. The van der Waals surface area contributed by atoms with Crippen molar-refractivity contribution in [2.75, 3.05) is 5.32 Å². The Morgan fingerprint density at radius 2 is 1.96 bits per heavy atom. The standard InChI is InChI=1S/C16H11F3N2O2S2/c17-16(18,19)23-12-5-2-1-4-11(12)21-14(22)8-10-9-25-15(20-10)13-6-3-7-24-13/h1-7,9H,8H2,(H,21,22). The van der Waals surface area contributed by atoms with Crippen molar-refractivity contribution in [3.63, 3.8) is 0 Å². The van der Waals surface area contributed by atoms with Crippen LogP contribution in [0.4, 0.5) is 18.9 Å². The molecule has 0 saturated carbocycles. The molecular weight excluding hydrogens is 373 g/mol. The molecule has 0 aliphatic rings. The highest BCUT2D eigenvalue weighted by Gasteiger charge is 2.32. The lowest BCUT2D eigenvalue weighted by atomic mass is 10.2. The summed E-state index contributed by atoms with van der Waals surface area (Å²) < 4.78 is 41.1. The zero-order valence-corrected chi connectivity index (χ0v) is 14.2. The van der Waals surface area contributed by atoms with Crippen LogP contribution >= 0.6 is 22.7 Å². The summed E-state index contributed by atoms with van der Waals surface area (Å²) in [7, 11) is 0. The van der Waals surface area contributed by atoms with Gasteiger partial charge in [-0.3, -0.25) is 4.79 Å². The highest BCUT2D eigenvalue weighted by molar-refractivity contribution is 7.20. The number of thiazole rings is 1. The molecule has 2 heterocycles. The molecule has 4 nitrogen and oxygen atoms in total. The van der Waals surface area contributed by atoms with Crippen molar-refractivity contribution in [3.05, 3.63) is 52.9 Å². The largest absolute Gasteiger partial charge is 0.573 e. The summed E-state index contributed by atoms with van der Waals surface area (Å²) in [5.41, 5.74) is 0.513. The molecule has 0 atom stereocenters. The summed E-state index contributed by atoms with van der Waals surface area (Å²) in [6.07, 6.45) is -4.87. The molecule has 3 rings (SSSR count). The number of alkyl halides is 3. The second-order valence-corrected chi connectivity index (χ2v) is 6.70. The normalized spacial score (nSPS) is 11.3. The van der Waals surface area contributed by atoms with Gasteiger partial charge >= 0.3 is 6.36 Å². The van der Waals surface area contributed by atoms with Crippen molar-refractivity contribution < 1.29 is 22.7 Å². The van der Waals surface area contributed by atoms with Crippen LogP contribution in [0.2, 0.25) is 0 Å². The number of ether oxygens (including phenoxy) is 1. The van der Waals surface area contributed by atoms with Gasteiger partial charge in [0, 0.05) is 5.38 Å². The van der Waals surface area contributed by atoms with Crippen LogP contribution in [0.15, 0.2) is 47.2 Å². The smallest absolute Gasteiger partial charge is 0.404 e. The third-order valence-electron chi connectivity index (χ3n) is 3.01. The second kappa shape index (κ2) is 7.24. The average Bonchev–Trinajstić information content (AvgIpc) is 3.18. The van der Waals surface area contributed by atoms with Gasteiger partial charge in [-0.1, -0.05) is 18.2 Å². The third-order valence-corrected chi connectivity index (χ3v) is 4.94. The minimum atomic E-state index is -4.83. The lowest BCUT2D eigenvalue weighted by molar-refractivity contribution is -0.274. The zero-order chi connectivity index (χ0) is 17.9. The van der Waals surface area contributed by atoms with E-state index in [1.165, 1.54) is 29.5 Å². The Balaban J connectivity index is 1.67. The minimum Gasteiger partial charge on any atom is -0.404 e. The number of nitrogens with zero attached hydrogens (tertiary/aromatic N) is 1. The molecular formula is C16H11F3N2O2S2. The lowest BCUT2D eigenvalue weighted by Gasteiger charge is -2.13. The topological polar surface area (TPSA) is 51.2 Å². The number of amides is 1. The number of para-hydroxylation sites is 2. The van der Waals surface area contributed by atoms with Gasteiger partial charge in [-0.2, -0.15) is 0 Å². The van der Waals surface area contributed by atoms with Crippen LogP contribution in [0, 0.1) is 0 Å². The van der Waals surface area contributed by atoms with Crippen LogP contribution in [-0.2, 0) is 11.2 Å². The first-order valence-electron chi connectivity index (χ1n) is 7.03. The summed E-state index contributed by atoms with van der Waals surface area (Å²) in [5.74, 6) is -0.929. The Bertz CT molecular complexity index is 860. The van der Waals surface area contributed by atoms with Crippen LogP contribution in [0.3, 0.4) is 0 Å². The summed E-state index contributed by atoms with van der Waals surface area (Å²) in [4.78, 5) is 17.5. The molecule has 2 aromatic heterocycles. The fourth-order valence-corrected chi connectivity index (χ4v) is 3.68. The molecule has 0 saturated heterocycles. The molecule has 1 amide bonds. The molecule has 25 heavy (non-hydrogen) atoms. The maximum Gasteiger partial charge on any atom is 0.573 e. The van der Waals surface area contributed by atoms with E-state index >= 15 is 0 Å². The summed E-state index contributed by atoms with van der Waals surface area (Å²) >= 11 is 2.95. The second-order valence-electron chi connectivity index (χ2n) is 4.89. The summed E-state index contributed by atoms with van der Waals surface area (Å²) in [6.45, 7) is 0. The molecule has 3 aromatic rings. The minimum absolute atomic E-state index is 0.0395. The van der Waals surface area contributed by atoms with Crippen LogP contribution < -0.4 is 10.1 Å². The number of anilines is 1. The van der Waals surface area contributed by atoms with E-state index in [1.54, 1.807) is 16.7 Å². The maximum atomic E-state index is 12.4. The lowest BCUT2D eigenvalue weighted by Crippen LogP contribution is -2.20. The van der Waals surface area contributed by atoms with Gasteiger partial charge in [-0.05, 0) is 23.6 Å². The number of aromatic nitrogens is 1. The van der Waals surface area contributed by atoms with Crippen molar-refractivity contribution in [3.8, 4) is 15.6 Å². The van der Waals surface area contributed by atoms with E-state index < -0.39 is 18.0 Å². The van der Waals surface area contributed by atoms with E-state index in [0.717, 1.165) is 16.0 Å².